The molecule has 2 aromatic heterocycles. The number of hydrogen-bond acceptors (Lipinski definition) is 5. The molecule has 0 aliphatic carbocycles. The van der Waals surface area contributed by atoms with E-state index >= 15 is 0 Å². The largest absolute Gasteiger partial charge is 0.394 e. The van der Waals surface area contributed by atoms with Gasteiger partial charge >= 0.3 is 0 Å². The van der Waals surface area contributed by atoms with Gasteiger partial charge < -0.3 is 10.4 Å². The number of aryl methyl sites for hydroxylation is 1. The van der Waals surface area contributed by atoms with Crippen LogP contribution in [0.1, 0.15) is 48.4 Å². The summed E-state index contributed by atoms with van der Waals surface area (Å²) >= 11 is 1.74. The highest BCUT2D eigenvalue weighted by atomic mass is 32.1. The summed E-state index contributed by atoms with van der Waals surface area (Å²) in [5.74, 6) is 0. The Bertz CT molecular complexity index is 640. The van der Waals surface area contributed by atoms with Crippen LogP contribution in [-0.4, -0.2) is 33.0 Å². The van der Waals surface area contributed by atoms with Gasteiger partial charge in [-0.25, -0.2) is 4.98 Å². The van der Waals surface area contributed by atoms with Gasteiger partial charge in [-0.15, -0.1) is 11.3 Å². The molecule has 0 saturated heterocycles. The van der Waals surface area contributed by atoms with Crippen molar-refractivity contribution in [3.05, 3.63) is 33.0 Å². The summed E-state index contributed by atoms with van der Waals surface area (Å²) in [6, 6.07) is 0. The Morgan fingerprint density at radius 3 is 2.65 bits per heavy atom. The van der Waals surface area contributed by atoms with E-state index in [1.165, 1.54) is 16.3 Å². The molecule has 2 N–H and O–H groups in total. The summed E-state index contributed by atoms with van der Waals surface area (Å²) in [5, 5.41) is 20.4. The topological polar surface area (TPSA) is 63.0 Å². The Labute approximate surface area is 142 Å². The van der Waals surface area contributed by atoms with Gasteiger partial charge in [0, 0.05) is 41.6 Å². The van der Waals surface area contributed by atoms with Crippen molar-refractivity contribution in [2.24, 2.45) is 0 Å². The summed E-state index contributed by atoms with van der Waals surface area (Å²) in [6.07, 6.45) is 0.948. The van der Waals surface area contributed by atoms with E-state index in [0.29, 0.717) is 6.54 Å². The summed E-state index contributed by atoms with van der Waals surface area (Å²) in [6.45, 7) is 13.1. The number of aromatic nitrogens is 3. The molecule has 5 nitrogen and oxygen atoms in total. The van der Waals surface area contributed by atoms with E-state index in [1.807, 2.05) is 11.6 Å². The van der Waals surface area contributed by atoms with Crippen LogP contribution in [0, 0.1) is 13.8 Å². The number of aliphatic hydroxyl groups is 1. The third-order valence-corrected chi connectivity index (χ3v) is 4.89. The van der Waals surface area contributed by atoms with Crippen LogP contribution in [0.3, 0.4) is 0 Å². The molecule has 2 rings (SSSR count). The van der Waals surface area contributed by atoms with Crippen LogP contribution >= 0.6 is 11.3 Å². The van der Waals surface area contributed by atoms with Crippen molar-refractivity contribution in [2.45, 2.75) is 59.5 Å². The van der Waals surface area contributed by atoms with Crippen molar-refractivity contribution >= 4 is 11.3 Å². The average molecular weight is 337 g/mol. The second-order valence-electron chi connectivity index (χ2n) is 6.90. The summed E-state index contributed by atoms with van der Waals surface area (Å²) in [5.41, 5.74) is 4.70. The smallest absolute Gasteiger partial charge is 0.0941 e. The molecule has 0 unspecified atom stereocenters. The molecule has 0 spiro atoms. The Morgan fingerprint density at radius 2 is 2.04 bits per heavy atom. The molecule has 0 amide bonds. The fourth-order valence-corrected chi connectivity index (χ4v) is 3.51. The van der Waals surface area contributed by atoms with Crippen molar-refractivity contribution in [1.82, 2.24) is 20.1 Å². The van der Waals surface area contributed by atoms with Crippen LogP contribution in [0.15, 0.2) is 5.38 Å². The minimum atomic E-state index is 0.120. The average Bonchev–Trinajstić information content (AvgIpc) is 3.03. The van der Waals surface area contributed by atoms with E-state index in [9.17, 15) is 0 Å². The van der Waals surface area contributed by atoms with Crippen LogP contribution in [0.25, 0.3) is 0 Å². The molecule has 2 heterocycles. The first-order chi connectivity index (χ1) is 10.8. The van der Waals surface area contributed by atoms with E-state index in [4.69, 9.17) is 10.1 Å². The Kier molecular flexibility index (Phi) is 5.95. The van der Waals surface area contributed by atoms with E-state index in [2.05, 4.69) is 43.5 Å². The lowest BCUT2D eigenvalue weighted by molar-refractivity contribution is 0.267. The van der Waals surface area contributed by atoms with Crippen molar-refractivity contribution in [3.63, 3.8) is 0 Å². The highest BCUT2D eigenvalue weighted by molar-refractivity contribution is 7.09. The maximum atomic E-state index is 9.06. The third kappa shape index (κ3) is 4.62. The van der Waals surface area contributed by atoms with Crippen LogP contribution < -0.4 is 5.32 Å². The number of aliphatic hydroxyl groups excluding tert-OH is 1. The first kappa shape index (κ1) is 18.1. The minimum absolute atomic E-state index is 0.120. The highest BCUT2D eigenvalue weighted by Gasteiger charge is 2.17. The molecule has 6 heteroatoms. The molecule has 0 aliphatic heterocycles. The van der Waals surface area contributed by atoms with E-state index in [1.54, 1.807) is 11.3 Å². The van der Waals surface area contributed by atoms with Gasteiger partial charge in [0.05, 0.1) is 29.5 Å². The molecule has 0 radical (unpaired) electrons. The molecule has 0 atom stereocenters. The fraction of sp³-hybridized carbons (Fsp3) is 0.647. The monoisotopic (exact) mass is 336 g/mol. The van der Waals surface area contributed by atoms with E-state index in [0.717, 1.165) is 30.9 Å². The van der Waals surface area contributed by atoms with Gasteiger partial charge in [-0.2, -0.15) is 5.10 Å². The molecular formula is C17H28N4OS. The quantitative estimate of drug-likeness (QED) is 0.763. The van der Waals surface area contributed by atoms with E-state index in [-0.39, 0.29) is 12.0 Å². The van der Waals surface area contributed by atoms with Gasteiger partial charge in [0.25, 0.3) is 0 Å². The highest BCUT2D eigenvalue weighted by Crippen LogP contribution is 2.23. The first-order valence-electron chi connectivity index (χ1n) is 8.12. The zero-order valence-corrected chi connectivity index (χ0v) is 15.6. The lowest BCUT2D eigenvalue weighted by Crippen LogP contribution is -2.18. The third-order valence-electron chi connectivity index (χ3n) is 3.98. The predicted molar refractivity (Wildman–Crippen MR) is 95.0 cm³/mol. The zero-order valence-electron chi connectivity index (χ0n) is 14.8. The van der Waals surface area contributed by atoms with Crippen LogP contribution in [0.5, 0.6) is 0 Å². The van der Waals surface area contributed by atoms with Crippen molar-refractivity contribution in [3.8, 4) is 0 Å². The van der Waals surface area contributed by atoms with Crippen LogP contribution in [0.4, 0.5) is 0 Å². The second kappa shape index (κ2) is 7.55. The maximum Gasteiger partial charge on any atom is 0.0941 e. The van der Waals surface area contributed by atoms with Gasteiger partial charge in [-0.05, 0) is 13.8 Å². The molecule has 0 bridgehead atoms. The molecule has 0 aromatic carbocycles. The summed E-state index contributed by atoms with van der Waals surface area (Å²) in [7, 11) is 0. The lowest BCUT2D eigenvalue weighted by Gasteiger charge is -2.14. The van der Waals surface area contributed by atoms with Crippen LogP contribution in [0.2, 0.25) is 0 Å². The van der Waals surface area contributed by atoms with Gasteiger partial charge in [-0.1, -0.05) is 20.8 Å². The van der Waals surface area contributed by atoms with Crippen molar-refractivity contribution in [1.29, 1.82) is 0 Å². The van der Waals surface area contributed by atoms with Gasteiger partial charge in [-0.3, -0.25) is 4.68 Å². The minimum Gasteiger partial charge on any atom is -0.394 e. The fourth-order valence-electron chi connectivity index (χ4n) is 2.48. The second-order valence-corrected chi connectivity index (χ2v) is 7.84. The number of rotatable bonds is 7. The Balaban J connectivity index is 1.85. The number of hydrogen-bond donors (Lipinski definition) is 2. The zero-order chi connectivity index (χ0) is 17.0. The van der Waals surface area contributed by atoms with Crippen molar-refractivity contribution in [2.75, 3.05) is 13.2 Å². The maximum absolute atomic E-state index is 9.06. The first-order valence-corrected chi connectivity index (χ1v) is 9.00. The summed E-state index contributed by atoms with van der Waals surface area (Å²) < 4.78 is 1.88. The number of nitrogens with one attached hydrogen (secondary N) is 1. The molecule has 2 aromatic rings. The number of nitrogens with zero attached hydrogens (tertiary/aromatic N) is 3. The summed E-state index contributed by atoms with van der Waals surface area (Å²) in [4.78, 5) is 4.72. The lowest BCUT2D eigenvalue weighted by atomic mass is 9.93. The Hall–Kier alpha value is -1.24. The van der Waals surface area contributed by atoms with Gasteiger partial charge in [0.2, 0.25) is 0 Å². The van der Waals surface area contributed by atoms with Gasteiger partial charge in [0.1, 0.15) is 0 Å². The van der Waals surface area contributed by atoms with E-state index < -0.39 is 0 Å². The molecule has 23 heavy (non-hydrogen) atoms. The van der Waals surface area contributed by atoms with Crippen LogP contribution in [-0.2, 0) is 24.9 Å². The normalized spacial score (nSPS) is 12.1. The number of thiazole rings is 1. The van der Waals surface area contributed by atoms with Crippen molar-refractivity contribution < 1.29 is 5.11 Å². The van der Waals surface area contributed by atoms with Gasteiger partial charge in [0.15, 0.2) is 0 Å². The predicted octanol–water partition coefficient (Wildman–Crippen LogP) is 2.58. The molecule has 0 saturated carbocycles. The Morgan fingerprint density at radius 1 is 1.30 bits per heavy atom. The molecule has 0 aliphatic rings. The standard InChI is InChI=1S/C17H28N4OS/c1-12-14(13(2)21(20-12)8-9-22)10-18-7-6-16-19-15(11-23-16)17(3,4)5/h11,18,22H,6-10H2,1-5H3. The SMILES string of the molecule is Cc1nn(CCO)c(C)c1CNCCc1nc(C(C)(C)C)cs1. The molecule has 0 fully saturated rings. The molecule has 128 valence electrons. The molecular weight excluding hydrogens is 308 g/mol.